The molecule has 0 saturated heterocycles. The first-order valence-corrected chi connectivity index (χ1v) is 4.50. The number of carbonyl (C=O) groups is 1. The van der Waals surface area contributed by atoms with Crippen LogP contribution in [0.4, 0.5) is 18.0 Å². The van der Waals surface area contributed by atoms with Crippen molar-refractivity contribution in [2.24, 2.45) is 5.73 Å². The molecule has 1 rings (SSSR count). The highest BCUT2D eigenvalue weighted by atomic mass is 19.4. The van der Waals surface area contributed by atoms with Gasteiger partial charge in [-0.15, -0.1) is 0 Å². The fourth-order valence-electron chi connectivity index (χ4n) is 1.27. The van der Waals surface area contributed by atoms with Gasteiger partial charge in [0.1, 0.15) is 0 Å². The molecule has 0 aromatic heterocycles. The smallest absolute Gasteiger partial charge is 0.352 e. The van der Waals surface area contributed by atoms with Crippen molar-refractivity contribution in [2.45, 2.75) is 19.6 Å². The Labute approximate surface area is 90.4 Å². The van der Waals surface area contributed by atoms with Gasteiger partial charge in [-0.05, 0) is 24.1 Å². The molecule has 0 bridgehead atoms. The maximum atomic E-state index is 12.5. The molecule has 88 valence electrons. The van der Waals surface area contributed by atoms with Crippen molar-refractivity contribution in [3.63, 3.8) is 0 Å². The zero-order chi connectivity index (χ0) is 12.3. The second-order valence-electron chi connectivity index (χ2n) is 3.36. The molecule has 0 atom stereocenters. The van der Waals surface area contributed by atoms with Gasteiger partial charge in [-0.2, -0.15) is 13.2 Å². The predicted octanol–water partition coefficient (Wildman–Crippen LogP) is 2.18. The summed E-state index contributed by atoms with van der Waals surface area (Å²) < 4.78 is 37.5. The monoisotopic (exact) mass is 232 g/mol. The van der Waals surface area contributed by atoms with E-state index in [1.165, 1.54) is 19.1 Å². The molecule has 6 heteroatoms. The minimum Gasteiger partial charge on any atom is -0.352 e. The summed E-state index contributed by atoms with van der Waals surface area (Å²) in [6, 6.07) is 3.11. The molecule has 3 nitrogen and oxygen atoms in total. The van der Waals surface area contributed by atoms with E-state index in [0.717, 1.165) is 6.07 Å². The second kappa shape index (κ2) is 4.42. The van der Waals surface area contributed by atoms with E-state index in [-0.39, 0.29) is 12.1 Å². The zero-order valence-electron chi connectivity index (χ0n) is 8.56. The number of primary amides is 1. The van der Waals surface area contributed by atoms with E-state index in [2.05, 4.69) is 5.32 Å². The third kappa shape index (κ3) is 3.15. The number of carbonyl (C=O) groups excluding carboxylic acids is 1. The van der Waals surface area contributed by atoms with E-state index in [9.17, 15) is 18.0 Å². The molecular weight excluding hydrogens is 221 g/mol. The topological polar surface area (TPSA) is 55.1 Å². The Morgan fingerprint density at radius 3 is 2.56 bits per heavy atom. The van der Waals surface area contributed by atoms with Crippen molar-refractivity contribution in [3.05, 3.63) is 34.9 Å². The van der Waals surface area contributed by atoms with Crippen LogP contribution < -0.4 is 11.1 Å². The van der Waals surface area contributed by atoms with Gasteiger partial charge in [-0.3, -0.25) is 0 Å². The summed E-state index contributed by atoms with van der Waals surface area (Å²) in [5.41, 5.74) is 4.63. The van der Waals surface area contributed by atoms with Crippen molar-refractivity contribution >= 4 is 6.03 Å². The Kier molecular flexibility index (Phi) is 3.41. The van der Waals surface area contributed by atoms with Gasteiger partial charge in [0.2, 0.25) is 0 Å². The van der Waals surface area contributed by atoms with Crippen LogP contribution in [-0.2, 0) is 12.7 Å². The normalized spacial score (nSPS) is 11.2. The number of rotatable bonds is 2. The summed E-state index contributed by atoms with van der Waals surface area (Å²) in [5.74, 6) is 0. The molecule has 1 aromatic carbocycles. The van der Waals surface area contributed by atoms with Gasteiger partial charge in [-0.25, -0.2) is 4.79 Å². The molecule has 1 aromatic rings. The average Bonchev–Trinajstić information content (AvgIpc) is 2.14. The van der Waals surface area contributed by atoms with Crippen LogP contribution >= 0.6 is 0 Å². The number of hydrogen-bond acceptors (Lipinski definition) is 1. The predicted molar refractivity (Wildman–Crippen MR) is 52.6 cm³/mol. The van der Waals surface area contributed by atoms with Gasteiger partial charge in [0, 0.05) is 6.54 Å². The molecule has 0 heterocycles. The average molecular weight is 232 g/mol. The number of aryl methyl sites for hydroxylation is 1. The molecular formula is C10H11F3N2O. The van der Waals surface area contributed by atoms with Crippen LogP contribution in [0, 0.1) is 6.92 Å². The summed E-state index contributed by atoms with van der Waals surface area (Å²) in [5, 5.41) is 2.23. The second-order valence-corrected chi connectivity index (χ2v) is 3.36. The third-order valence-electron chi connectivity index (χ3n) is 2.07. The highest BCUT2D eigenvalue weighted by molar-refractivity contribution is 5.71. The lowest BCUT2D eigenvalue weighted by molar-refractivity contribution is -0.138. The van der Waals surface area contributed by atoms with Gasteiger partial charge in [0.25, 0.3) is 0 Å². The highest BCUT2D eigenvalue weighted by Crippen LogP contribution is 2.32. The van der Waals surface area contributed by atoms with E-state index in [4.69, 9.17) is 5.73 Å². The van der Waals surface area contributed by atoms with Crippen molar-refractivity contribution in [1.82, 2.24) is 5.32 Å². The lowest BCUT2D eigenvalue weighted by Gasteiger charge is -2.12. The fourth-order valence-corrected chi connectivity index (χ4v) is 1.27. The Balaban J connectivity index is 2.94. The first-order valence-electron chi connectivity index (χ1n) is 4.50. The molecule has 0 aliphatic carbocycles. The van der Waals surface area contributed by atoms with Gasteiger partial charge in [-0.1, -0.05) is 12.1 Å². The maximum Gasteiger partial charge on any atom is 0.416 e. The van der Waals surface area contributed by atoms with Crippen molar-refractivity contribution in [2.75, 3.05) is 0 Å². The van der Waals surface area contributed by atoms with Gasteiger partial charge in [0.05, 0.1) is 5.56 Å². The largest absolute Gasteiger partial charge is 0.416 e. The summed E-state index contributed by atoms with van der Waals surface area (Å²) in [6.45, 7) is 1.37. The van der Waals surface area contributed by atoms with Crippen molar-refractivity contribution in [1.29, 1.82) is 0 Å². The summed E-state index contributed by atoms with van der Waals surface area (Å²) in [7, 11) is 0. The Hall–Kier alpha value is -1.72. The van der Waals surface area contributed by atoms with E-state index < -0.39 is 17.8 Å². The van der Waals surface area contributed by atoms with E-state index in [1.807, 2.05) is 0 Å². The van der Waals surface area contributed by atoms with Crippen LogP contribution in [-0.4, -0.2) is 6.03 Å². The summed E-state index contributed by atoms with van der Waals surface area (Å²) >= 11 is 0. The number of nitrogens with two attached hydrogens (primary N) is 1. The molecule has 2 amide bonds. The third-order valence-corrected chi connectivity index (χ3v) is 2.07. The van der Waals surface area contributed by atoms with Crippen LogP contribution in [0.25, 0.3) is 0 Å². The van der Waals surface area contributed by atoms with Crippen molar-refractivity contribution < 1.29 is 18.0 Å². The SMILES string of the molecule is Cc1ccc(CNC(N)=O)cc1C(F)(F)F. The quantitative estimate of drug-likeness (QED) is 0.806. The molecule has 0 aliphatic rings. The minimum atomic E-state index is -4.38. The summed E-state index contributed by atoms with van der Waals surface area (Å²) in [6.07, 6.45) is -4.38. The maximum absolute atomic E-state index is 12.5. The molecule has 16 heavy (non-hydrogen) atoms. The fraction of sp³-hybridized carbons (Fsp3) is 0.300. The summed E-state index contributed by atoms with van der Waals surface area (Å²) in [4.78, 5) is 10.4. The molecule has 0 saturated carbocycles. The molecule has 0 radical (unpaired) electrons. The Bertz CT molecular complexity index is 402. The molecule has 0 fully saturated rings. The number of alkyl halides is 3. The number of hydrogen-bond donors (Lipinski definition) is 2. The van der Waals surface area contributed by atoms with Gasteiger partial charge < -0.3 is 11.1 Å². The van der Waals surface area contributed by atoms with E-state index >= 15 is 0 Å². The number of urea groups is 1. The molecule has 0 aliphatic heterocycles. The number of nitrogens with one attached hydrogen (secondary N) is 1. The number of halogens is 3. The van der Waals surface area contributed by atoms with E-state index in [1.54, 1.807) is 0 Å². The van der Waals surface area contributed by atoms with Gasteiger partial charge in [0.15, 0.2) is 0 Å². The Morgan fingerprint density at radius 2 is 2.06 bits per heavy atom. The lowest BCUT2D eigenvalue weighted by atomic mass is 10.0. The zero-order valence-corrected chi connectivity index (χ0v) is 8.56. The van der Waals surface area contributed by atoms with E-state index in [0.29, 0.717) is 5.56 Å². The molecule has 0 spiro atoms. The van der Waals surface area contributed by atoms with Crippen LogP contribution in [0.3, 0.4) is 0 Å². The highest BCUT2D eigenvalue weighted by Gasteiger charge is 2.32. The van der Waals surface area contributed by atoms with Crippen LogP contribution in [0.1, 0.15) is 16.7 Å². The van der Waals surface area contributed by atoms with Crippen LogP contribution in [0.15, 0.2) is 18.2 Å². The van der Waals surface area contributed by atoms with Crippen LogP contribution in [0.5, 0.6) is 0 Å². The van der Waals surface area contributed by atoms with Gasteiger partial charge >= 0.3 is 12.2 Å². The first kappa shape index (κ1) is 12.4. The van der Waals surface area contributed by atoms with Crippen LogP contribution in [0.2, 0.25) is 0 Å². The molecule has 0 unspecified atom stereocenters. The lowest BCUT2D eigenvalue weighted by Crippen LogP contribution is -2.28. The first-order chi connectivity index (χ1) is 7.30. The Morgan fingerprint density at radius 1 is 1.44 bits per heavy atom. The standard InChI is InChI=1S/C10H11F3N2O/c1-6-2-3-7(5-15-9(14)16)4-8(6)10(11,12)13/h2-4H,5H2,1H3,(H3,14,15,16). The minimum absolute atomic E-state index is 0.0152. The number of amides is 2. The van der Waals surface area contributed by atoms with Crippen molar-refractivity contribution in [3.8, 4) is 0 Å². The molecule has 3 N–H and O–H groups in total. The number of benzene rings is 1.